The van der Waals surface area contributed by atoms with Crippen molar-refractivity contribution in [1.29, 1.82) is 0 Å². The van der Waals surface area contributed by atoms with Crippen molar-refractivity contribution in [3.63, 3.8) is 0 Å². The van der Waals surface area contributed by atoms with Crippen LogP contribution in [-0.4, -0.2) is 24.4 Å². The number of anilines is 1. The molecule has 1 rings (SSSR count). The Morgan fingerprint density at radius 3 is 2.56 bits per heavy atom. The van der Waals surface area contributed by atoms with Crippen LogP contribution in [0.2, 0.25) is 5.02 Å². The molecule has 0 aliphatic heterocycles. The largest absolute Gasteiger partial charge is 0.399 e. The van der Waals surface area contributed by atoms with Gasteiger partial charge in [-0.3, -0.25) is 9.59 Å². The molecule has 1 aromatic rings. The highest BCUT2D eigenvalue weighted by Gasteiger charge is 2.09. The summed E-state index contributed by atoms with van der Waals surface area (Å²) < 4.78 is 0. The van der Waals surface area contributed by atoms with Crippen molar-refractivity contribution in [3.8, 4) is 0 Å². The van der Waals surface area contributed by atoms with E-state index in [2.05, 4.69) is 10.6 Å². The molecule has 6 heteroatoms. The summed E-state index contributed by atoms with van der Waals surface area (Å²) in [6.45, 7) is 3.61. The quantitative estimate of drug-likeness (QED) is 0.718. The molecule has 0 spiro atoms. The molecule has 4 N–H and O–H groups in total. The van der Waals surface area contributed by atoms with E-state index in [0.717, 1.165) is 0 Å². The molecule has 1 aromatic carbocycles. The maximum Gasteiger partial charge on any atom is 0.251 e. The van der Waals surface area contributed by atoms with Gasteiger partial charge in [-0.05, 0) is 32.0 Å². The van der Waals surface area contributed by atoms with Gasteiger partial charge < -0.3 is 16.4 Å². The molecule has 18 heavy (non-hydrogen) atoms. The fraction of sp³-hybridized carbons (Fsp3) is 0.333. The average molecular weight is 270 g/mol. The fourth-order valence-electron chi connectivity index (χ4n) is 1.38. The van der Waals surface area contributed by atoms with Crippen LogP contribution in [0, 0.1) is 0 Å². The van der Waals surface area contributed by atoms with Crippen molar-refractivity contribution >= 4 is 29.1 Å². The van der Waals surface area contributed by atoms with E-state index in [1.54, 1.807) is 6.07 Å². The summed E-state index contributed by atoms with van der Waals surface area (Å²) in [7, 11) is 0. The minimum absolute atomic E-state index is 0.0382. The summed E-state index contributed by atoms with van der Waals surface area (Å²) in [4.78, 5) is 23.1. The molecule has 0 fully saturated rings. The predicted molar refractivity (Wildman–Crippen MR) is 71.5 cm³/mol. The number of benzene rings is 1. The van der Waals surface area contributed by atoms with Gasteiger partial charge in [0.1, 0.15) is 0 Å². The molecule has 0 aliphatic rings. The lowest BCUT2D eigenvalue weighted by atomic mass is 10.2. The average Bonchev–Trinajstić information content (AvgIpc) is 2.23. The monoisotopic (exact) mass is 269 g/mol. The van der Waals surface area contributed by atoms with Crippen LogP contribution in [0.15, 0.2) is 18.2 Å². The van der Waals surface area contributed by atoms with Crippen LogP contribution < -0.4 is 16.4 Å². The molecule has 0 saturated heterocycles. The first-order valence-corrected chi connectivity index (χ1v) is 5.90. The molecule has 0 atom stereocenters. The number of hydrogen-bond acceptors (Lipinski definition) is 3. The van der Waals surface area contributed by atoms with Crippen molar-refractivity contribution < 1.29 is 9.59 Å². The molecule has 0 bridgehead atoms. The highest BCUT2D eigenvalue weighted by molar-refractivity contribution is 6.31. The molecule has 0 unspecified atom stereocenters. The zero-order valence-corrected chi connectivity index (χ0v) is 11.0. The Bertz CT molecular complexity index is 440. The number of carbonyl (C=O) groups is 2. The van der Waals surface area contributed by atoms with E-state index in [-0.39, 0.29) is 24.4 Å². The summed E-state index contributed by atoms with van der Waals surface area (Å²) in [6.07, 6.45) is 0. The Balaban J connectivity index is 2.58. The summed E-state index contributed by atoms with van der Waals surface area (Å²) in [5.74, 6) is -0.628. The van der Waals surface area contributed by atoms with Crippen LogP contribution in [-0.2, 0) is 4.79 Å². The SMILES string of the molecule is CC(C)NC(=O)CNC(=O)c1cc(N)cc(Cl)c1. The molecule has 98 valence electrons. The molecule has 5 nitrogen and oxygen atoms in total. The summed E-state index contributed by atoms with van der Waals surface area (Å²) >= 11 is 5.79. The van der Waals surface area contributed by atoms with Gasteiger partial charge in [-0.1, -0.05) is 11.6 Å². The lowest BCUT2D eigenvalue weighted by Crippen LogP contribution is -2.39. The maximum atomic E-state index is 11.7. The molecular weight excluding hydrogens is 254 g/mol. The zero-order valence-electron chi connectivity index (χ0n) is 10.3. The van der Waals surface area contributed by atoms with Crippen LogP contribution in [0.4, 0.5) is 5.69 Å². The molecule has 0 radical (unpaired) electrons. The van der Waals surface area contributed by atoms with E-state index in [0.29, 0.717) is 16.3 Å². The van der Waals surface area contributed by atoms with Gasteiger partial charge in [0, 0.05) is 22.3 Å². The first-order valence-electron chi connectivity index (χ1n) is 5.52. The normalized spacial score (nSPS) is 10.2. The second-order valence-electron chi connectivity index (χ2n) is 4.18. The molecule has 0 heterocycles. The third-order valence-corrected chi connectivity index (χ3v) is 2.26. The van der Waals surface area contributed by atoms with Crippen molar-refractivity contribution in [1.82, 2.24) is 10.6 Å². The minimum atomic E-state index is -0.386. The van der Waals surface area contributed by atoms with E-state index >= 15 is 0 Å². The molecule has 0 saturated carbocycles. The number of nitrogen functional groups attached to an aromatic ring is 1. The summed E-state index contributed by atoms with van der Waals surface area (Å²) in [5, 5.41) is 5.54. The first kappa shape index (κ1) is 14.3. The van der Waals surface area contributed by atoms with Crippen molar-refractivity contribution in [2.45, 2.75) is 19.9 Å². The molecular formula is C12H16ClN3O2. The van der Waals surface area contributed by atoms with Crippen LogP contribution >= 0.6 is 11.6 Å². The zero-order chi connectivity index (χ0) is 13.7. The minimum Gasteiger partial charge on any atom is -0.399 e. The molecule has 2 amide bonds. The Labute approximate surface area is 111 Å². The van der Waals surface area contributed by atoms with E-state index in [1.165, 1.54) is 12.1 Å². The lowest BCUT2D eigenvalue weighted by molar-refractivity contribution is -0.120. The number of amides is 2. The first-order chi connectivity index (χ1) is 8.38. The van der Waals surface area contributed by atoms with Crippen LogP contribution in [0.1, 0.15) is 24.2 Å². The van der Waals surface area contributed by atoms with Crippen molar-refractivity contribution in [2.75, 3.05) is 12.3 Å². The second-order valence-corrected chi connectivity index (χ2v) is 4.61. The van der Waals surface area contributed by atoms with Crippen molar-refractivity contribution in [3.05, 3.63) is 28.8 Å². The third-order valence-electron chi connectivity index (χ3n) is 2.04. The Morgan fingerprint density at radius 1 is 1.33 bits per heavy atom. The Hall–Kier alpha value is -1.75. The van der Waals surface area contributed by atoms with E-state index in [9.17, 15) is 9.59 Å². The Kier molecular flexibility index (Phi) is 4.97. The van der Waals surface area contributed by atoms with Crippen LogP contribution in [0.25, 0.3) is 0 Å². The van der Waals surface area contributed by atoms with Gasteiger partial charge in [-0.15, -0.1) is 0 Å². The second kappa shape index (κ2) is 6.26. The van der Waals surface area contributed by atoms with Crippen molar-refractivity contribution in [2.24, 2.45) is 0 Å². The van der Waals surface area contributed by atoms with Crippen LogP contribution in [0.3, 0.4) is 0 Å². The Morgan fingerprint density at radius 2 is 2.00 bits per heavy atom. The lowest BCUT2D eigenvalue weighted by Gasteiger charge is -2.09. The van der Waals surface area contributed by atoms with Gasteiger partial charge in [0.2, 0.25) is 5.91 Å². The highest BCUT2D eigenvalue weighted by atomic mass is 35.5. The summed E-state index contributed by atoms with van der Waals surface area (Å²) in [5.41, 5.74) is 6.31. The van der Waals surface area contributed by atoms with Gasteiger partial charge >= 0.3 is 0 Å². The number of hydrogen-bond donors (Lipinski definition) is 3. The third kappa shape index (κ3) is 4.63. The molecule has 0 aromatic heterocycles. The molecule has 0 aliphatic carbocycles. The van der Waals surface area contributed by atoms with Gasteiger partial charge in [-0.25, -0.2) is 0 Å². The fourth-order valence-corrected chi connectivity index (χ4v) is 1.62. The smallest absolute Gasteiger partial charge is 0.251 e. The van der Waals surface area contributed by atoms with Crippen LogP contribution in [0.5, 0.6) is 0 Å². The standard InChI is InChI=1S/C12H16ClN3O2/c1-7(2)16-11(17)6-15-12(18)8-3-9(13)5-10(14)4-8/h3-5,7H,6,14H2,1-2H3,(H,15,18)(H,16,17). The number of nitrogens with two attached hydrogens (primary N) is 1. The van der Waals surface area contributed by atoms with Gasteiger partial charge in [-0.2, -0.15) is 0 Å². The predicted octanol–water partition coefficient (Wildman–Crippen LogP) is 1.18. The van der Waals surface area contributed by atoms with Gasteiger partial charge in [0.15, 0.2) is 0 Å². The van der Waals surface area contributed by atoms with Gasteiger partial charge in [0.05, 0.1) is 6.54 Å². The van der Waals surface area contributed by atoms with E-state index in [1.807, 2.05) is 13.8 Å². The summed E-state index contributed by atoms with van der Waals surface area (Å²) in [6, 6.07) is 4.58. The number of nitrogens with one attached hydrogen (secondary N) is 2. The number of rotatable bonds is 4. The van der Waals surface area contributed by atoms with Gasteiger partial charge in [0.25, 0.3) is 5.91 Å². The number of halogens is 1. The number of carbonyl (C=O) groups excluding carboxylic acids is 2. The maximum absolute atomic E-state index is 11.7. The van der Waals surface area contributed by atoms with E-state index < -0.39 is 0 Å². The topological polar surface area (TPSA) is 84.2 Å². The van der Waals surface area contributed by atoms with E-state index in [4.69, 9.17) is 17.3 Å². The highest BCUT2D eigenvalue weighted by Crippen LogP contribution is 2.16.